The van der Waals surface area contributed by atoms with Gasteiger partial charge >= 0.3 is 0 Å². The summed E-state index contributed by atoms with van der Waals surface area (Å²) in [4.78, 5) is 0. The molecule has 1 atom stereocenters. The molecule has 0 aliphatic carbocycles. The van der Waals surface area contributed by atoms with E-state index in [4.69, 9.17) is 17.3 Å². The Hall–Kier alpha value is -1.51. The van der Waals surface area contributed by atoms with Gasteiger partial charge < -0.3 is 10.8 Å². The fourth-order valence-electron chi connectivity index (χ4n) is 1.80. The van der Waals surface area contributed by atoms with Gasteiger partial charge in [0.1, 0.15) is 0 Å². The van der Waals surface area contributed by atoms with E-state index < -0.39 is 6.10 Å². The fourth-order valence-corrected chi connectivity index (χ4v) is 2.01. The smallest absolute Gasteiger partial charge is 0.0850 e. The van der Waals surface area contributed by atoms with Crippen LogP contribution in [0.5, 0.6) is 0 Å². The third kappa shape index (κ3) is 2.78. The topological polar surface area (TPSA) is 46.2 Å². The van der Waals surface area contributed by atoms with Crippen LogP contribution >= 0.6 is 11.6 Å². The minimum atomic E-state index is -0.629. The molecule has 2 aromatic rings. The molecule has 3 N–H and O–H groups in total. The largest absolute Gasteiger partial charge is 0.398 e. The van der Waals surface area contributed by atoms with Crippen molar-refractivity contribution in [1.82, 2.24) is 0 Å². The highest BCUT2D eigenvalue weighted by atomic mass is 35.5. The van der Waals surface area contributed by atoms with E-state index in [1.165, 1.54) is 0 Å². The second-order valence-electron chi connectivity index (χ2n) is 3.94. The van der Waals surface area contributed by atoms with E-state index in [-0.39, 0.29) is 0 Å². The number of para-hydroxylation sites is 1. The van der Waals surface area contributed by atoms with E-state index >= 15 is 0 Å². The second kappa shape index (κ2) is 5.21. The Morgan fingerprint density at radius 1 is 1.06 bits per heavy atom. The maximum absolute atomic E-state index is 10.1. The quantitative estimate of drug-likeness (QED) is 0.819. The summed E-state index contributed by atoms with van der Waals surface area (Å²) >= 11 is 6.05. The summed E-state index contributed by atoms with van der Waals surface area (Å²) in [6.45, 7) is 0. The zero-order chi connectivity index (χ0) is 12.3. The summed E-state index contributed by atoms with van der Waals surface area (Å²) in [7, 11) is 0. The van der Waals surface area contributed by atoms with Crippen molar-refractivity contribution in [3.63, 3.8) is 0 Å². The van der Waals surface area contributed by atoms with E-state index in [9.17, 15) is 5.11 Å². The van der Waals surface area contributed by atoms with Crippen LogP contribution < -0.4 is 5.73 Å². The van der Waals surface area contributed by atoms with Crippen LogP contribution in [-0.2, 0) is 6.42 Å². The maximum atomic E-state index is 10.1. The first-order chi connectivity index (χ1) is 8.18. The van der Waals surface area contributed by atoms with Crippen molar-refractivity contribution in [3.8, 4) is 0 Å². The highest BCUT2D eigenvalue weighted by molar-refractivity contribution is 6.31. The lowest BCUT2D eigenvalue weighted by molar-refractivity contribution is 0.179. The lowest BCUT2D eigenvalue weighted by Crippen LogP contribution is -2.05. The summed E-state index contributed by atoms with van der Waals surface area (Å²) in [5, 5.41) is 10.8. The van der Waals surface area contributed by atoms with Gasteiger partial charge in [-0.25, -0.2) is 0 Å². The zero-order valence-electron chi connectivity index (χ0n) is 9.31. The molecule has 0 aliphatic rings. The van der Waals surface area contributed by atoms with Gasteiger partial charge in [-0.15, -0.1) is 0 Å². The van der Waals surface area contributed by atoms with Crippen LogP contribution in [0.1, 0.15) is 17.2 Å². The Morgan fingerprint density at radius 3 is 2.41 bits per heavy atom. The molecule has 0 aromatic heterocycles. The molecule has 2 nitrogen and oxygen atoms in total. The van der Waals surface area contributed by atoms with E-state index in [1.807, 2.05) is 42.5 Å². The van der Waals surface area contributed by atoms with Gasteiger partial charge in [0.05, 0.1) is 6.10 Å². The lowest BCUT2D eigenvalue weighted by Gasteiger charge is -2.14. The maximum Gasteiger partial charge on any atom is 0.0850 e. The summed E-state index contributed by atoms with van der Waals surface area (Å²) < 4.78 is 0. The van der Waals surface area contributed by atoms with Gasteiger partial charge in [0, 0.05) is 22.7 Å². The van der Waals surface area contributed by atoms with Crippen molar-refractivity contribution in [2.45, 2.75) is 12.5 Å². The first kappa shape index (κ1) is 12.0. The molecule has 88 valence electrons. The van der Waals surface area contributed by atoms with Crippen molar-refractivity contribution in [1.29, 1.82) is 0 Å². The second-order valence-corrected chi connectivity index (χ2v) is 4.35. The Kier molecular flexibility index (Phi) is 3.67. The SMILES string of the molecule is Nc1ccccc1C(O)Cc1ccccc1Cl. The number of rotatable bonds is 3. The third-order valence-corrected chi connectivity index (χ3v) is 3.09. The van der Waals surface area contributed by atoms with Crippen molar-refractivity contribution in [3.05, 3.63) is 64.7 Å². The minimum Gasteiger partial charge on any atom is -0.398 e. The molecule has 0 saturated heterocycles. The number of nitrogens with two attached hydrogens (primary N) is 1. The van der Waals surface area contributed by atoms with Gasteiger partial charge in [0.25, 0.3) is 0 Å². The molecule has 0 saturated carbocycles. The molecular weight excluding hydrogens is 234 g/mol. The van der Waals surface area contributed by atoms with Gasteiger partial charge in [-0.2, -0.15) is 0 Å². The molecule has 3 heteroatoms. The number of nitrogen functional groups attached to an aromatic ring is 1. The van der Waals surface area contributed by atoms with Crippen LogP contribution in [0, 0.1) is 0 Å². The number of anilines is 1. The lowest BCUT2D eigenvalue weighted by atomic mass is 10.0. The standard InChI is InChI=1S/C14H14ClNO/c15-12-7-3-1-5-10(12)9-14(17)11-6-2-4-8-13(11)16/h1-8,14,17H,9,16H2. The van der Waals surface area contributed by atoms with E-state index in [0.717, 1.165) is 11.1 Å². The number of aliphatic hydroxyl groups excluding tert-OH is 1. The Balaban J connectivity index is 2.20. The van der Waals surface area contributed by atoms with Gasteiger partial charge in [-0.1, -0.05) is 48.0 Å². The predicted molar refractivity (Wildman–Crippen MR) is 71.0 cm³/mol. The van der Waals surface area contributed by atoms with Gasteiger partial charge in [-0.05, 0) is 17.7 Å². The molecule has 0 fully saturated rings. The van der Waals surface area contributed by atoms with Crippen molar-refractivity contribution >= 4 is 17.3 Å². The summed E-state index contributed by atoms with van der Waals surface area (Å²) in [6.07, 6.45) is -0.162. The van der Waals surface area contributed by atoms with E-state index in [0.29, 0.717) is 17.1 Å². The molecule has 0 spiro atoms. The van der Waals surface area contributed by atoms with E-state index in [1.54, 1.807) is 6.07 Å². The van der Waals surface area contributed by atoms with Crippen molar-refractivity contribution in [2.75, 3.05) is 5.73 Å². The molecule has 0 heterocycles. The Labute approximate surface area is 106 Å². The van der Waals surface area contributed by atoms with Crippen LogP contribution in [-0.4, -0.2) is 5.11 Å². The van der Waals surface area contributed by atoms with Gasteiger partial charge in [-0.3, -0.25) is 0 Å². The van der Waals surface area contributed by atoms with Crippen LogP contribution in [0.4, 0.5) is 5.69 Å². The summed E-state index contributed by atoms with van der Waals surface area (Å²) in [5.41, 5.74) is 8.09. The molecule has 0 amide bonds. The molecule has 0 bridgehead atoms. The number of hydrogen-bond donors (Lipinski definition) is 2. The molecular formula is C14H14ClNO. The average Bonchev–Trinajstić information content (AvgIpc) is 2.32. The first-order valence-corrected chi connectivity index (χ1v) is 5.82. The first-order valence-electron chi connectivity index (χ1n) is 5.44. The van der Waals surface area contributed by atoms with Crippen LogP contribution in [0.2, 0.25) is 5.02 Å². The molecule has 1 unspecified atom stereocenters. The molecule has 2 aromatic carbocycles. The van der Waals surface area contributed by atoms with Gasteiger partial charge in [0.2, 0.25) is 0 Å². The van der Waals surface area contributed by atoms with Crippen LogP contribution in [0.3, 0.4) is 0 Å². The molecule has 0 aliphatic heterocycles. The van der Waals surface area contributed by atoms with Crippen molar-refractivity contribution < 1.29 is 5.11 Å². The number of hydrogen-bond acceptors (Lipinski definition) is 2. The third-order valence-electron chi connectivity index (χ3n) is 2.73. The highest BCUT2D eigenvalue weighted by Crippen LogP contribution is 2.26. The minimum absolute atomic E-state index is 0.466. The predicted octanol–water partition coefficient (Wildman–Crippen LogP) is 3.20. The number of benzene rings is 2. The molecule has 17 heavy (non-hydrogen) atoms. The summed E-state index contributed by atoms with van der Waals surface area (Å²) in [5.74, 6) is 0. The fraction of sp³-hybridized carbons (Fsp3) is 0.143. The van der Waals surface area contributed by atoms with Crippen molar-refractivity contribution in [2.24, 2.45) is 0 Å². The average molecular weight is 248 g/mol. The molecule has 2 rings (SSSR count). The highest BCUT2D eigenvalue weighted by Gasteiger charge is 2.12. The monoisotopic (exact) mass is 247 g/mol. The zero-order valence-corrected chi connectivity index (χ0v) is 10.1. The Morgan fingerprint density at radius 2 is 1.71 bits per heavy atom. The van der Waals surface area contributed by atoms with Crippen LogP contribution in [0.15, 0.2) is 48.5 Å². The molecule has 0 radical (unpaired) electrons. The number of aliphatic hydroxyl groups is 1. The normalized spacial score (nSPS) is 12.4. The summed E-state index contributed by atoms with van der Waals surface area (Å²) in [6, 6.07) is 14.8. The van der Waals surface area contributed by atoms with E-state index in [2.05, 4.69) is 0 Å². The Bertz CT molecular complexity index is 513. The van der Waals surface area contributed by atoms with Gasteiger partial charge in [0.15, 0.2) is 0 Å². The van der Waals surface area contributed by atoms with Crippen LogP contribution in [0.25, 0.3) is 0 Å². The number of halogens is 1.